The Balaban J connectivity index is 1.45. The first-order valence-electron chi connectivity index (χ1n) is 9.22. The largest absolute Gasteiger partial charge is 0.389 e. The van der Waals surface area contributed by atoms with Crippen molar-refractivity contribution < 1.29 is 9.90 Å². The van der Waals surface area contributed by atoms with Gasteiger partial charge in [-0.3, -0.25) is 9.78 Å². The van der Waals surface area contributed by atoms with Crippen LogP contribution in [0.2, 0.25) is 0 Å². The van der Waals surface area contributed by atoms with Crippen LogP contribution in [0.4, 0.5) is 0 Å². The molecule has 0 unspecified atom stereocenters. The van der Waals surface area contributed by atoms with E-state index in [9.17, 15) is 9.90 Å². The minimum absolute atomic E-state index is 0.0353. The van der Waals surface area contributed by atoms with Gasteiger partial charge in [0.05, 0.1) is 11.2 Å². The van der Waals surface area contributed by atoms with E-state index >= 15 is 0 Å². The van der Waals surface area contributed by atoms with Gasteiger partial charge in [-0.05, 0) is 44.7 Å². The predicted octanol–water partition coefficient (Wildman–Crippen LogP) is 2.28. The van der Waals surface area contributed by atoms with Crippen molar-refractivity contribution >= 4 is 5.91 Å². The maximum atomic E-state index is 12.3. The van der Waals surface area contributed by atoms with Gasteiger partial charge in [-0.2, -0.15) is 0 Å². The zero-order chi connectivity index (χ0) is 17.0. The van der Waals surface area contributed by atoms with E-state index in [1.165, 1.54) is 6.42 Å². The van der Waals surface area contributed by atoms with Crippen LogP contribution in [-0.4, -0.2) is 52.2 Å². The SMILES string of the molecule is Cc1ccc(C(=O)NC2CCN(CC3(O)CCCCC3)CC2)cn1. The monoisotopic (exact) mass is 331 g/mol. The van der Waals surface area contributed by atoms with E-state index in [0.717, 1.165) is 63.9 Å². The third-order valence-electron chi connectivity index (χ3n) is 5.40. The molecule has 5 heteroatoms. The first kappa shape index (κ1) is 17.4. The lowest BCUT2D eigenvalue weighted by molar-refractivity contribution is -0.0312. The predicted molar refractivity (Wildman–Crippen MR) is 93.9 cm³/mol. The van der Waals surface area contributed by atoms with Gasteiger partial charge in [0.2, 0.25) is 0 Å². The van der Waals surface area contributed by atoms with Gasteiger partial charge >= 0.3 is 0 Å². The Morgan fingerprint density at radius 3 is 2.62 bits per heavy atom. The molecule has 1 aromatic rings. The molecule has 1 aromatic heterocycles. The summed E-state index contributed by atoms with van der Waals surface area (Å²) in [6.45, 7) is 4.59. The number of carbonyl (C=O) groups is 1. The molecule has 0 radical (unpaired) electrons. The number of hydrogen-bond acceptors (Lipinski definition) is 4. The molecule has 1 saturated heterocycles. The second-order valence-electron chi connectivity index (χ2n) is 7.50. The summed E-state index contributed by atoms with van der Waals surface area (Å²) >= 11 is 0. The number of nitrogens with zero attached hydrogens (tertiary/aromatic N) is 2. The molecular weight excluding hydrogens is 302 g/mol. The molecule has 2 heterocycles. The number of aryl methyl sites for hydroxylation is 1. The van der Waals surface area contributed by atoms with Gasteiger partial charge in [-0.1, -0.05) is 19.3 Å². The van der Waals surface area contributed by atoms with Crippen LogP contribution in [0.25, 0.3) is 0 Å². The van der Waals surface area contributed by atoms with Gasteiger partial charge in [0.1, 0.15) is 0 Å². The first-order chi connectivity index (χ1) is 11.5. The van der Waals surface area contributed by atoms with Crippen LogP contribution in [-0.2, 0) is 0 Å². The number of likely N-dealkylation sites (tertiary alicyclic amines) is 1. The highest BCUT2D eigenvalue weighted by Crippen LogP contribution is 2.29. The minimum atomic E-state index is -0.484. The maximum Gasteiger partial charge on any atom is 0.253 e. The molecule has 1 amide bonds. The molecule has 1 saturated carbocycles. The van der Waals surface area contributed by atoms with Crippen molar-refractivity contribution in [3.63, 3.8) is 0 Å². The van der Waals surface area contributed by atoms with Gasteiger partial charge in [0, 0.05) is 37.6 Å². The number of aromatic nitrogens is 1. The Bertz CT molecular complexity index is 544. The number of hydrogen-bond donors (Lipinski definition) is 2. The van der Waals surface area contributed by atoms with Crippen LogP contribution < -0.4 is 5.32 Å². The first-order valence-corrected chi connectivity index (χ1v) is 9.22. The molecule has 1 aliphatic heterocycles. The molecule has 0 spiro atoms. The van der Waals surface area contributed by atoms with E-state index in [4.69, 9.17) is 0 Å². The van der Waals surface area contributed by atoms with E-state index in [-0.39, 0.29) is 11.9 Å². The van der Waals surface area contributed by atoms with Gasteiger partial charge in [-0.25, -0.2) is 0 Å². The van der Waals surface area contributed by atoms with Crippen molar-refractivity contribution in [1.29, 1.82) is 0 Å². The van der Waals surface area contributed by atoms with Crippen LogP contribution in [0, 0.1) is 6.92 Å². The molecule has 0 bridgehead atoms. The van der Waals surface area contributed by atoms with Gasteiger partial charge in [0.15, 0.2) is 0 Å². The van der Waals surface area contributed by atoms with E-state index < -0.39 is 5.60 Å². The second-order valence-corrected chi connectivity index (χ2v) is 7.50. The lowest BCUT2D eigenvalue weighted by Crippen LogP contribution is -2.50. The Labute approximate surface area is 144 Å². The summed E-state index contributed by atoms with van der Waals surface area (Å²) in [5.41, 5.74) is 1.06. The molecule has 5 nitrogen and oxygen atoms in total. The average Bonchev–Trinajstić information content (AvgIpc) is 2.57. The Morgan fingerprint density at radius 1 is 1.29 bits per heavy atom. The van der Waals surface area contributed by atoms with Crippen LogP contribution >= 0.6 is 0 Å². The van der Waals surface area contributed by atoms with Crippen molar-refractivity contribution in [1.82, 2.24) is 15.2 Å². The number of nitrogens with one attached hydrogen (secondary N) is 1. The molecule has 132 valence electrons. The molecule has 1 aliphatic carbocycles. The molecule has 3 rings (SSSR count). The second kappa shape index (κ2) is 7.62. The molecule has 2 N–H and O–H groups in total. The highest BCUT2D eigenvalue weighted by Gasteiger charge is 2.32. The summed E-state index contributed by atoms with van der Waals surface area (Å²) in [6.07, 6.45) is 8.94. The summed E-state index contributed by atoms with van der Waals surface area (Å²) in [5, 5.41) is 13.8. The smallest absolute Gasteiger partial charge is 0.253 e. The van der Waals surface area contributed by atoms with E-state index in [1.54, 1.807) is 6.20 Å². The van der Waals surface area contributed by atoms with Crippen molar-refractivity contribution in [2.45, 2.75) is 63.5 Å². The minimum Gasteiger partial charge on any atom is -0.389 e. The highest BCUT2D eigenvalue weighted by molar-refractivity contribution is 5.94. The van der Waals surface area contributed by atoms with E-state index in [0.29, 0.717) is 5.56 Å². The van der Waals surface area contributed by atoms with Crippen LogP contribution in [0.15, 0.2) is 18.3 Å². The molecule has 0 aromatic carbocycles. The molecule has 2 aliphatic rings. The van der Waals surface area contributed by atoms with Gasteiger partial charge in [0.25, 0.3) is 5.91 Å². The number of rotatable bonds is 4. The van der Waals surface area contributed by atoms with Crippen molar-refractivity contribution in [3.8, 4) is 0 Å². The Morgan fingerprint density at radius 2 is 2.00 bits per heavy atom. The van der Waals surface area contributed by atoms with Crippen LogP contribution in [0.3, 0.4) is 0 Å². The summed E-state index contributed by atoms with van der Waals surface area (Å²) in [6, 6.07) is 3.91. The van der Waals surface area contributed by atoms with Crippen molar-refractivity contribution in [2.24, 2.45) is 0 Å². The Kier molecular flexibility index (Phi) is 5.51. The highest BCUT2D eigenvalue weighted by atomic mass is 16.3. The fraction of sp³-hybridized carbons (Fsp3) is 0.684. The summed E-state index contributed by atoms with van der Waals surface area (Å²) in [7, 11) is 0. The quantitative estimate of drug-likeness (QED) is 0.888. The summed E-state index contributed by atoms with van der Waals surface area (Å²) in [4.78, 5) is 18.8. The van der Waals surface area contributed by atoms with Gasteiger partial charge < -0.3 is 15.3 Å². The van der Waals surface area contributed by atoms with Gasteiger partial charge in [-0.15, -0.1) is 0 Å². The van der Waals surface area contributed by atoms with E-state index in [2.05, 4.69) is 15.2 Å². The summed E-state index contributed by atoms with van der Waals surface area (Å²) < 4.78 is 0. The third kappa shape index (κ3) is 4.54. The molecule has 0 atom stereocenters. The number of amides is 1. The van der Waals surface area contributed by atoms with Crippen LogP contribution in [0.5, 0.6) is 0 Å². The summed E-state index contributed by atoms with van der Waals surface area (Å²) in [5.74, 6) is -0.0353. The fourth-order valence-electron chi connectivity index (χ4n) is 3.89. The number of pyridine rings is 1. The zero-order valence-electron chi connectivity index (χ0n) is 14.6. The topological polar surface area (TPSA) is 65.5 Å². The molecule has 24 heavy (non-hydrogen) atoms. The zero-order valence-corrected chi connectivity index (χ0v) is 14.6. The number of aliphatic hydroxyl groups is 1. The Hall–Kier alpha value is -1.46. The number of β-amino-alcohol motifs (C(OH)–C–C–N with tert-alkyl or cyclic N) is 1. The van der Waals surface area contributed by atoms with Crippen LogP contribution in [0.1, 0.15) is 61.0 Å². The average molecular weight is 331 g/mol. The number of carbonyl (C=O) groups excluding carboxylic acids is 1. The maximum absolute atomic E-state index is 12.3. The standard InChI is InChI=1S/C19H29N3O2/c1-15-5-6-16(13-20-15)18(23)21-17-7-11-22(12-8-17)14-19(24)9-3-2-4-10-19/h5-6,13,17,24H,2-4,7-12,14H2,1H3,(H,21,23). The fourth-order valence-corrected chi connectivity index (χ4v) is 3.89. The number of piperidine rings is 1. The molecule has 2 fully saturated rings. The normalized spacial score (nSPS) is 22.2. The van der Waals surface area contributed by atoms with E-state index in [1.807, 2.05) is 19.1 Å². The lowest BCUT2D eigenvalue weighted by Gasteiger charge is -2.40. The van der Waals surface area contributed by atoms with Crippen molar-refractivity contribution in [2.75, 3.05) is 19.6 Å². The third-order valence-corrected chi connectivity index (χ3v) is 5.40. The lowest BCUT2D eigenvalue weighted by atomic mass is 9.84. The molecular formula is C19H29N3O2. The van der Waals surface area contributed by atoms with Crippen molar-refractivity contribution in [3.05, 3.63) is 29.6 Å².